The lowest BCUT2D eigenvalue weighted by molar-refractivity contribution is -0.114. The van der Waals surface area contributed by atoms with Crippen LogP contribution in [0.25, 0.3) is 0 Å². The Labute approximate surface area is 103 Å². The molecule has 0 aliphatic carbocycles. The second-order valence-corrected chi connectivity index (χ2v) is 4.35. The molecule has 0 saturated heterocycles. The summed E-state index contributed by atoms with van der Waals surface area (Å²) < 4.78 is 0. The van der Waals surface area contributed by atoms with Gasteiger partial charge in [-0.3, -0.25) is 9.59 Å². The normalized spacial score (nSPS) is 14.6. The number of anilines is 1. The van der Waals surface area contributed by atoms with Crippen LogP contribution in [-0.4, -0.2) is 18.2 Å². The van der Waals surface area contributed by atoms with Gasteiger partial charge in [0, 0.05) is 6.54 Å². The Morgan fingerprint density at radius 2 is 1.81 bits per heavy atom. The number of benzene rings is 1. The Morgan fingerprint density at radius 3 is 2.44 bits per heavy atom. The van der Waals surface area contributed by atoms with E-state index in [0.717, 1.165) is 6.42 Å². The third kappa shape index (κ3) is 1.51. The predicted octanol–water partition coefficient (Wildman–Crippen LogP) is 2.93. The summed E-state index contributed by atoms with van der Waals surface area (Å²) in [7, 11) is 0. The summed E-state index contributed by atoms with van der Waals surface area (Å²) in [5.41, 5.74) is 0.679. The second-order valence-electron chi connectivity index (χ2n) is 3.54. The molecule has 16 heavy (non-hydrogen) atoms. The van der Waals surface area contributed by atoms with Crippen molar-refractivity contribution in [1.82, 2.24) is 0 Å². The van der Waals surface area contributed by atoms with Crippen molar-refractivity contribution in [2.24, 2.45) is 0 Å². The molecule has 0 aromatic heterocycles. The molecule has 0 bridgehead atoms. The van der Waals surface area contributed by atoms with Gasteiger partial charge in [-0.1, -0.05) is 30.1 Å². The van der Waals surface area contributed by atoms with Crippen LogP contribution in [0, 0.1) is 0 Å². The maximum absolute atomic E-state index is 11.7. The molecule has 1 amide bonds. The minimum Gasteiger partial charge on any atom is -0.303 e. The largest absolute Gasteiger partial charge is 0.303 e. The van der Waals surface area contributed by atoms with Gasteiger partial charge in [0.05, 0.1) is 21.3 Å². The van der Waals surface area contributed by atoms with Crippen LogP contribution in [0.3, 0.4) is 0 Å². The van der Waals surface area contributed by atoms with Crippen molar-refractivity contribution in [2.45, 2.75) is 13.3 Å². The lowest BCUT2D eigenvalue weighted by Crippen LogP contribution is -2.30. The van der Waals surface area contributed by atoms with Crippen molar-refractivity contribution in [2.75, 3.05) is 11.4 Å². The first kappa shape index (κ1) is 11.4. The number of hydrogen-bond donors (Lipinski definition) is 0. The van der Waals surface area contributed by atoms with Crippen LogP contribution in [-0.2, 0) is 4.79 Å². The van der Waals surface area contributed by atoms with Crippen molar-refractivity contribution >= 4 is 40.6 Å². The van der Waals surface area contributed by atoms with E-state index >= 15 is 0 Å². The van der Waals surface area contributed by atoms with E-state index in [-0.39, 0.29) is 10.6 Å². The molecule has 0 spiro atoms. The van der Waals surface area contributed by atoms with E-state index in [1.54, 1.807) is 6.07 Å². The number of carbonyl (C=O) groups is 2. The number of fused-ring (bicyclic) bond motifs is 1. The fourth-order valence-electron chi connectivity index (χ4n) is 1.79. The second kappa shape index (κ2) is 4.07. The Kier molecular flexibility index (Phi) is 2.91. The molecule has 1 aliphatic heterocycles. The van der Waals surface area contributed by atoms with Crippen LogP contribution in [0.4, 0.5) is 5.69 Å². The Morgan fingerprint density at radius 1 is 1.19 bits per heavy atom. The number of nitrogens with zero attached hydrogens (tertiary/aromatic N) is 1. The minimum absolute atomic E-state index is 0.229. The summed E-state index contributed by atoms with van der Waals surface area (Å²) in [5.74, 6) is -1.12. The molecule has 2 rings (SSSR count). The summed E-state index contributed by atoms with van der Waals surface area (Å²) in [6, 6.07) is 3.13. The molecule has 84 valence electrons. The van der Waals surface area contributed by atoms with E-state index in [1.807, 2.05) is 6.92 Å². The average molecular weight is 258 g/mol. The van der Waals surface area contributed by atoms with Gasteiger partial charge in [0.15, 0.2) is 0 Å². The van der Waals surface area contributed by atoms with Gasteiger partial charge in [0.1, 0.15) is 0 Å². The SMILES string of the molecule is CCCN1C(=O)C(=O)c2c(Cl)ccc(Cl)c21. The molecular formula is C11H9Cl2NO2. The summed E-state index contributed by atoms with van der Waals surface area (Å²) in [6.07, 6.45) is 0.751. The zero-order valence-electron chi connectivity index (χ0n) is 8.59. The van der Waals surface area contributed by atoms with Crippen molar-refractivity contribution in [3.05, 3.63) is 27.7 Å². The molecule has 1 heterocycles. The molecule has 5 heteroatoms. The van der Waals surface area contributed by atoms with Crippen LogP contribution in [0.15, 0.2) is 12.1 Å². The summed E-state index contributed by atoms with van der Waals surface area (Å²) in [6.45, 7) is 2.39. The monoisotopic (exact) mass is 257 g/mol. The van der Waals surface area contributed by atoms with E-state index in [2.05, 4.69) is 0 Å². The van der Waals surface area contributed by atoms with Gasteiger partial charge in [-0.2, -0.15) is 0 Å². The fraction of sp³-hybridized carbons (Fsp3) is 0.273. The molecular weight excluding hydrogens is 249 g/mol. The number of rotatable bonds is 2. The van der Waals surface area contributed by atoms with Crippen molar-refractivity contribution in [1.29, 1.82) is 0 Å². The molecule has 0 unspecified atom stereocenters. The molecule has 0 fully saturated rings. The zero-order chi connectivity index (χ0) is 11.9. The van der Waals surface area contributed by atoms with Gasteiger partial charge in [-0.25, -0.2) is 0 Å². The first-order chi connectivity index (χ1) is 7.57. The number of Topliss-reactive ketones (excluding diaryl/α,β-unsaturated/α-hetero) is 1. The van der Waals surface area contributed by atoms with Gasteiger partial charge in [0.2, 0.25) is 0 Å². The van der Waals surface area contributed by atoms with Gasteiger partial charge < -0.3 is 4.90 Å². The highest BCUT2D eigenvalue weighted by Gasteiger charge is 2.38. The standard InChI is InChI=1S/C11H9Cl2NO2/c1-2-5-14-9-7(13)4-3-6(12)8(9)10(15)11(14)16/h3-4H,2,5H2,1H3. The van der Waals surface area contributed by atoms with E-state index in [1.165, 1.54) is 11.0 Å². The number of ketones is 1. The fourth-order valence-corrected chi connectivity index (χ4v) is 2.29. The summed E-state index contributed by atoms with van der Waals surface area (Å²) in [4.78, 5) is 24.8. The molecule has 0 atom stereocenters. The molecule has 1 aromatic carbocycles. The lowest BCUT2D eigenvalue weighted by Gasteiger charge is -2.16. The number of carbonyl (C=O) groups excluding carboxylic acids is 2. The van der Waals surface area contributed by atoms with Gasteiger partial charge >= 0.3 is 0 Å². The van der Waals surface area contributed by atoms with E-state index in [9.17, 15) is 9.59 Å². The number of hydrogen-bond acceptors (Lipinski definition) is 2. The van der Waals surface area contributed by atoms with Gasteiger partial charge in [-0.05, 0) is 18.6 Å². The molecule has 1 aliphatic rings. The lowest BCUT2D eigenvalue weighted by atomic mass is 10.1. The van der Waals surface area contributed by atoms with Crippen LogP contribution in [0.5, 0.6) is 0 Å². The first-order valence-corrected chi connectivity index (χ1v) is 5.67. The van der Waals surface area contributed by atoms with Crippen LogP contribution in [0.1, 0.15) is 23.7 Å². The quantitative estimate of drug-likeness (QED) is 0.765. The topological polar surface area (TPSA) is 37.4 Å². The molecule has 0 N–H and O–H groups in total. The zero-order valence-corrected chi connectivity index (χ0v) is 10.1. The van der Waals surface area contributed by atoms with E-state index in [4.69, 9.17) is 23.2 Å². The maximum atomic E-state index is 11.7. The third-order valence-corrected chi connectivity index (χ3v) is 3.08. The summed E-state index contributed by atoms with van der Waals surface area (Å²) >= 11 is 11.9. The smallest absolute Gasteiger partial charge is 0.299 e. The summed E-state index contributed by atoms with van der Waals surface area (Å²) in [5, 5.41) is 0.656. The van der Waals surface area contributed by atoms with E-state index in [0.29, 0.717) is 17.3 Å². The minimum atomic E-state index is -0.573. The van der Waals surface area contributed by atoms with Gasteiger partial charge in [0.25, 0.3) is 11.7 Å². The van der Waals surface area contributed by atoms with Crippen molar-refractivity contribution in [3.8, 4) is 0 Å². The average Bonchev–Trinajstić information content (AvgIpc) is 2.50. The van der Waals surface area contributed by atoms with Gasteiger partial charge in [-0.15, -0.1) is 0 Å². The maximum Gasteiger partial charge on any atom is 0.299 e. The Balaban J connectivity index is 2.64. The molecule has 0 radical (unpaired) electrons. The highest BCUT2D eigenvalue weighted by atomic mass is 35.5. The molecule has 0 saturated carbocycles. The van der Waals surface area contributed by atoms with E-state index < -0.39 is 11.7 Å². The highest BCUT2D eigenvalue weighted by Crippen LogP contribution is 2.39. The Hall–Kier alpha value is -1.06. The predicted molar refractivity (Wildman–Crippen MR) is 63.4 cm³/mol. The molecule has 1 aromatic rings. The van der Waals surface area contributed by atoms with Crippen LogP contribution >= 0.6 is 23.2 Å². The molecule has 3 nitrogen and oxygen atoms in total. The number of halogens is 2. The third-order valence-electron chi connectivity index (χ3n) is 2.46. The Bertz CT molecular complexity index is 485. The van der Waals surface area contributed by atoms with Crippen LogP contribution in [0.2, 0.25) is 10.0 Å². The number of amides is 1. The van der Waals surface area contributed by atoms with Crippen LogP contribution < -0.4 is 4.90 Å². The first-order valence-electron chi connectivity index (χ1n) is 4.92. The highest BCUT2D eigenvalue weighted by molar-refractivity contribution is 6.56. The van der Waals surface area contributed by atoms with Crippen molar-refractivity contribution < 1.29 is 9.59 Å². The van der Waals surface area contributed by atoms with Crippen molar-refractivity contribution in [3.63, 3.8) is 0 Å².